The van der Waals surface area contributed by atoms with Crippen LogP contribution in [0.15, 0.2) is 35.1 Å². The highest BCUT2D eigenvalue weighted by molar-refractivity contribution is 6.23. The van der Waals surface area contributed by atoms with Gasteiger partial charge in [0.15, 0.2) is 0 Å². The summed E-state index contributed by atoms with van der Waals surface area (Å²) in [5, 5.41) is 2.10. The smallest absolute Gasteiger partial charge is 0.424 e. The predicted octanol–water partition coefficient (Wildman–Crippen LogP) is 2.98. The van der Waals surface area contributed by atoms with E-state index in [1.807, 2.05) is 0 Å². The first kappa shape index (κ1) is 24.5. The number of amides is 4. The lowest BCUT2D eigenvalue weighted by atomic mass is 10.1. The minimum atomic E-state index is -0.945. The van der Waals surface area contributed by atoms with Crippen molar-refractivity contribution in [1.82, 2.24) is 9.88 Å². The van der Waals surface area contributed by atoms with E-state index in [2.05, 4.69) is 5.32 Å². The third kappa shape index (κ3) is 4.92. The Bertz CT molecular complexity index is 1220. The Kier molecular flexibility index (Phi) is 6.00. The maximum atomic E-state index is 12.8. The topological polar surface area (TPSA) is 150 Å². The van der Waals surface area contributed by atoms with Gasteiger partial charge in [0, 0.05) is 6.07 Å². The first-order valence-electron chi connectivity index (χ1n) is 10.4. The van der Waals surface area contributed by atoms with Crippen LogP contribution < -0.4 is 21.5 Å². The zero-order valence-corrected chi connectivity index (χ0v) is 19.7. The second-order valence-corrected chi connectivity index (χ2v) is 9.59. The highest BCUT2D eigenvalue weighted by Crippen LogP contribution is 2.26. The van der Waals surface area contributed by atoms with E-state index < -0.39 is 40.8 Å². The molecular weight excluding hydrogens is 444 g/mol. The Morgan fingerprint density at radius 3 is 1.85 bits per heavy atom. The Balaban J connectivity index is 2.04. The number of nitrogen functional groups attached to an aromatic ring is 1. The number of anilines is 2. The lowest BCUT2D eigenvalue weighted by Gasteiger charge is -2.28. The molecule has 1 aromatic carbocycles. The van der Waals surface area contributed by atoms with Gasteiger partial charge in [0.1, 0.15) is 17.0 Å². The molecule has 2 aromatic rings. The lowest BCUT2D eigenvalue weighted by molar-refractivity contribution is 0.0430. The molecule has 1 aliphatic rings. The average molecular weight is 470 g/mol. The number of nitrogens with two attached hydrogens (primary N) is 1. The van der Waals surface area contributed by atoms with Gasteiger partial charge < -0.3 is 15.2 Å². The summed E-state index contributed by atoms with van der Waals surface area (Å²) in [5.74, 6) is -1.62. The molecule has 0 fully saturated rings. The first-order valence-corrected chi connectivity index (χ1v) is 10.4. The number of aromatic nitrogens is 1. The van der Waals surface area contributed by atoms with Crippen molar-refractivity contribution in [1.29, 1.82) is 0 Å². The van der Waals surface area contributed by atoms with Crippen LogP contribution in [0.25, 0.3) is 5.69 Å². The number of carbonyl (C=O) groups excluding carboxylic acids is 4. The van der Waals surface area contributed by atoms with E-state index in [0.717, 1.165) is 15.5 Å². The van der Waals surface area contributed by atoms with E-state index in [-0.39, 0.29) is 28.3 Å². The summed E-state index contributed by atoms with van der Waals surface area (Å²) in [7, 11) is 0. The first-order chi connectivity index (χ1) is 15.6. The predicted molar refractivity (Wildman–Crippen MR) is 123 cm³/mol. The lowest BCUT2D eigenvalue weighted by Crippen LogP contribution is -2.43. The number of pyridine rings is 1. The van der Waals surface area contributed by atoms with E-state index in [1.165, 1.54) is 24.3 Å². The van der Waals surface area contributed by atoms with E-state index in [0.29, 0.717) is 0 Å². The van der Waals surface area contributed by atoms with Crippen LogP contribution in [-0.2, 0) is 9.47 Å². The molecule has 11 nitrogen and oxygen atoms in total. The van der Waals surface area contributed by atoms with Gasteiger partial charge in [-0.2, -0.15) is 4.90 Å². The zero-order chi connectivity index (χ0) is 25.6. The van der Waals surface area contributed by atoms with Crippen LogP contribution in [0, 0.1) is 0 Å². The number of fused-ring (bicyclic) bond motifs is 1. The fourth-order valence-electron chi connectivity index (χ4n) is 3.20. The van der Waals surface area contributed by atoms with Crippen LogP contribution in [0.3, 0.4) is 0 Å². The summed E-state index contributed by atoms with van der Waals surface area (Å²) in [4.78, 5) is 62.9. The van der Waals surface area contributed by atoms with E-state index in [9.17, 15) is 24.0 Å². The van der Waals surface area contributed by atoms with Gasteiger partial charge in [-0.3, -0.25) is 24.3 Å². The second kappa shape index (κ2) is 8.32. The molecule has 1 aliphatic heterocycles. The Hall–Kier alpha value is -4.15. The fraction of sp³-hybridized carbons (Fsp3) is 0.348. The number of nitrogens with one attached hydrogen (secondary N) is 1. The van der Waals surface area contributed by atoms with E-state index >= 15 is 0 Å². The number of rotatable bonds is 2. The summed E-state index contributed by atoms with van der Waals surface area (Å²) in [6.45, 7) is 9.95. The minimum absolute atomic E-state index is 0.0959. The van der Waals surface area contributed by atoms with Gasteiger partial charge in [-0.25, -0.2) is 9.59 Å². The van der Waals surface area contributed by atoms with Gasteiger partial charge in [0.05, 0.1) is 22.5 Å². The van der Waals surface area contributed by atoms with Crippen LogP contribution in [-0.4, -0.2) is 39.8 Å². The Labute approximate surface area is 195 Å². The number of benzene rings is 1. The molecular formula is C23H26N4O7. The number of hydrogen-bond acceptors (Lipinski definition) is 8. The third-order valence-electron chi connectivity index (χ3n) is 4.47. The van der Waals surface area contributed by atoms with Gasteiger partial charge in [0.25, 0.3) is 17.4 Å². The van der Waals surface area contributed by atoms with Crippen LogP contribution in [0.2, 0.25) is 0 Å². The molecule has 180 valence electrons. The monoisotopic (exact) mass is 470 g/mol. The van der Waals surface area contributed by atoms with Gasteiger partial charge in [-0.05, 0) is 65.8 Å². The van der Waals surface area contributed by atoms with E-state index in [1.54, 1.807) is 41.5 Å². The van der Waals surface area contributed by atoms with Crippen molar-refractivity contribution in [2.24, 2.45) is 0 Å². The Morgan fingerprint density at radius 1 is 0.882 bits per heavy atom. The molecule has 0 aliphatic carbocycles. The van der Waals surface area contributed by atoms with Crippen molar-refractivity contribution in [3.05, 3.63) is 51.8 Å². The summed E-state index contributed by atoms with van der Waals surface area (Å²) in [5.41, 5.74) is 3.83. The number of imide groups is 2. The molecule has 3 N–H and O–H groups in total. The van der Waals surface area contributed by atoms with Crippen molar-refractivity contribution in [3.8, 4) is 5.69 Å². The Morgan fingerprint density at radius 2 is 1.38 bits per heavy atom. The van der Waals surface area contributed by atoms with Gasteiger partial charge in [-0.15, -0.1) is 0 Å². The highest BCUT2D eigenvalue weighted by Gasteiger charge is 2.34. The fourth-order valence-corrected chi connectivity index (χ4v) is 3.20. The number of carbonyl (C=O) groups is 4. The van der Waals surface area contributed by atoms with Crippen LogP contribution in [0.5, 0.6) is 0 Å². The molecule has 0 unspecified atom stereocenters. The minimum Gasteiger partial charge on any atom is -0.443 e. The van der Waals surface area contributed by atoms with E-state index in [4.69, 9.17) is 15.2 Å². The molecule has 0 saturated heterocycles. The maximum absolute atomic E-state index is 12.8. The van der Waals surface area contributed by atoms with Crippen molar-refractivity contribution in [2.75, 3.05) is 10.6 Å². The SMILES string of the molecule is CC(C)(C)OC(=O)N(C(=O)OC(C)(C)C)c1ccc(-n2c(N)c3c(cc2=O)C(=O)NC3=O)cc1. The molecule has 0 bridgehead atoms. The second-order valence-electron chi connectivity index (χ2n) is 9.59. The van der Waals surface area contributed by atoms with Crippen molar-refractivity contribution in [3.63, 3.8) is 0 Å². The molecule has 3 rings (SSSR count). The number of nitrogens with zero attached hydrogens (tertiary/aromatic N) is 2. The summed E-state index contributed by atoms with van der Waals surface area (Å²) >= 11 is 0. The summed E-state index contributed by atoms with van der Waals surface area (Å²) in [6.07, 6.45) is -1.89. The molecule has 0 saturated carbocycles. The quantitative estimate of drug-likeness (QED) is 0.636. The molecule has 11 heteroatoms. The van der Waals surface area contributed by atoms with Crippen LogP contribution in [0.1, 0.15) is 62.3 Å². The summed E-state index contributed by atoms with van der Waals surface area (Å²) in [6, 6.07) is 6.67. The molecule has 34 heavy (non-hydrogen) atoms. The molecule has 0 spiro atoms. The zero-order valence-electron chi connectivity index (χ0n) is 19.7. The number of hydrogen-bond donors (Lipinski definition) is 2. The van der Waals surface area contributed by atoms with Crippen molar-refractivity contribution < 1.29 is 28.7 Å². The third-order valence-corrected chi connectivity index (χ3v) is 4.47. The maximum Gasteiger partial charge on any atom is 0.424 e. The van der Waals surface area contributed by atoms with Gasteiger partial charge >= 0.3 is 12.2 Å². The molecule has 2 heterocycles. The average Bonchev–Trinajstić information content (AvgIpc) is 2.93. The largest absolute Gasteiger partial charge is 0.443 e. The van der Waals surface area contributed by atoms with Gasteiger partial charge in [0.2, 0.25) is 0 Å². The molecule has 4 amide bonds. The van der Waals surface area contributed by atoms with Crippen molar-refractivity contribution in [2.45, 2.75) is 52.7 Å². The van der Waals surface area contributed by atoms with Crippen molar-refractivity contribution >= 4 is 35.5 Å². The molecule has 0 radical (unpaired) electrons. The van der Waals surface area contributed by atoms with Gasteiger partial charge in [-0.1, -0.05) is 0 Å². The number of ether oxygens (including phenoxy) is 2. The molecule has 0 atom stereocenters. The van der Waals surface area contributed by atoms with Crippen LogP contribution >= 0.6 is 0 Å². The summed E-state index contributed by atoms with van der Waals surface area (Å²) < 4.78 is 11.7. The molecule has 1 aromatic heterocycles. The standard InChI is InChI=1S/C23H26N4O7/c1-22(2,3)33-20(31)27(21(32)34-23(4,5)6)13-9-7-12(8-10-13)26-15(28)11-14-16(17(26)24)19(30)25-18(14)29/h7-11H,24H2,1-6H3,(H,25,29,30). The highest BCUT2D eigenvalue weighted by atomic mass is 16.6. The normalized spacial score (nSPS) is 13.2. The van der Waals surface area contributed by atoms with Crippen LogP contribution in [0.4, 0.5) is 21.1 Å².